The summed E-state index contributed by atoms with van der Waals surface area (Å²) in [5.74, 6) is 0.947. The Morgan fingerprint density at radius 3 is 2.63 bits per heavy atom. The molecule has 0 unspecified atom stereocenters. The lowest BCUT2D eigenvalue weighted by Gasteiger charge is -2.17. The Labute approximate surface area is 159 Å². The smallest absolute Gasteiger partial charge is 0.240 e. The summed E-state index contributed by atoms with van der Waals surface area (Å²) in [5.41, 5.74) is 8.24. The minimum absolute atomic E-state index is 0.207. The first-order valence-electron chi connectivity index (χ1n) is 9.70. The summed E-state index contributed by atoms with van der Waals surface area (Å²) in [6.45, 7) is 0.207. The molecule has 2 aliphatic rings. The van der Waals surface area contributed by atoms with Crippen molar-refractivity contribution in [1.29, 1.82) is 0 Å². The molecule has 7 nitrogen and oxygen atoms in total. The predicted molar refractivity (Wildman–Crippen MR) is 101 cm³/mol. The first kappa shape index (κ1) is 18.6. The van der Waals surface area contributed by atoms with E-state index in [1.165, 1.54) is 12.0 Å². The molecule has 1 aromatic carbocycles. The topological polar surface area (TPSA) is 111 Å². The van der Waals surface area contributed by atoms with Crippen molar-refractivity contribution in [2.45, 2.75) is 68.2 Å². The third kappa shape index (κ3) is 3.93. The van der Waals surface area contributed by atoms with E-state index in [-0.39, 0.29) is 6.54 Å². The standard InChI is InChI=1S/C19H26N4O3S/c20-19(10-3-4-11-19)18-22-17(26-23-18)9-12-21-27(24,25)16-8-7-14-5-1-2-6-15(14)13-16/h7-8,13,21H,1-6,9-12,20H2. The fraction of sp³-hybridized carbons (Fsp3) is 0.579. The minimum Gasteiger partial charge on any atom is -0.339 e. The van der Waals surface area contributed by atoms with E-state index >= 15 is 0 Å². The second-order valence-electron chi connectivity index (χ2n) is 7.66. The number of benzene rings is 1. The minimum atomic E-state index is -3.55. The molecule has 1 heterocycles. The van der Waals surface area contributed by atoms with Crippen LogP contribution in [-0.2, 0) is 34.8 Å². The number of nitrogens with zero attached hydrogens (tertiary/aromatic N) is 2. The summed E-state index contributed by atoms with van der Waals surface area (Å²) < 4.78 is 33.0. The largest absolute Gasteiger partial charge is 0.339 e. The highest BCUT2D eigenvalue weighted by atomic mass is 32.2. The van der Waals surface area contributed by atoms with Gasteiger partial charge in [0.25, 0.3) is 0 Å². The van der Waals surface area contributed by atoms with Crippen LogP contribution in [0.2, 0.25) is 0 Å². The van der Waals surface area contributed by atoms with E-state index in [1.54, 1.807) is 12.1 Å². The summed E-state index contributed by atoms with van der Waals surface area (Å²) >= 11 is 0. The van der Waals surface area contributed by atoms with Crippen LogP contribution in [0.5, 0.6) is 0 Å². The van der Waals surface area contributed by atoms with Crippen molar-refractivity contribution in [3.63, 3.8) is 0 Å². The molecule has 0 bridgehead atoms. The van der Waals surface area contributed by atoms with Crippen molar-refractivity contribution in [2.24, 2.45) is 5.73 Å². The molecule has 2 aliphatic carbocycles. The average molecular weight is 391 g/mol. The van der Waals surface area contributed by atoms with Crippen molar-refractivity contribution in [3.8, 4) is 0 Å². The van der Waals surface area contributed by atoms with E-state index in [1.807, 2.05) is 6.07 Å². The van der Waals surface area contributed by atoms with Gasteiger partial charge in [-0.05, 0) is 61.8 Å². The first-order valence-corrected chi connectivity index (χ1v) is 11.2. The van der Waals surface area contributed by atoms with Crippen LogP contribution < -0.4 is 10.5 Å². The molecule has 1 saturated carbocycles. The Hall–Kier alpha value is -1.77. The van der Waals surface area contributed by atoms with E-state index in [4.69, 9.17) is 10.3 Å². The summed E-state index contributed by atoms with van der Waals surface area (Å²) in [6.07, 6.45) is 8.47. The Kier molecular flexibility index (Phi) is 5.05. The number of sulfonamides is 1. The maximum absolute atomic E-state index is 12.6. The van der Waals surface area contributed by atoms with E-state index in [0.717, 1.165) is 50.5 Å². The molecule has 1 fully saturated rings. The molecule has 0 atom stereocenters. The molecule has 0 saturated heterocycles. The molecule has 146 valence electrons. The predicted octanol–water partition coefficient (Wildman–Crippen LogP) is 2.20. The molecule has 27 heavy (non-hydrogen) atoms. The lowest BCUT2D eigenvalue weighted by molar-refractivity contribution is 0.348. The molecule has 0 radical (unpaired) electrons. The third-order valence-corrected chi connectivity index (χ3v) is 7.13. The molecule has 0 spiro atoms. The van der Waals surface area contributed by atoms with Crippen molar-refractivity contribution in [1.82, 2.24) is 14.9 Å². The number of hydrogen-bond donors (Lipinski definition) is 2. The van der Waals surface area contributed by atoms with Gasteiger partial charge in [0.1, 0.15) is 0 Å². The van der Waals surface area contributed by atoms with Gasteiger partial charge in [-0.1, -0.05) is 24.1 Å². The second kappa shape index (κ2) is 7.33. The molecule has 0 aliphatic heterocycles. The van der Waals surface area contributed by atoms with Gasteiger partial charge >= 0.3 is 0 Å². The molecule has 0 amide bonds. The van der Waals surface area contributed by atoms with Crippen LogP contribution >= 0.6 is 0 Å². The van der Waals surface area contributed by atoms with Crippen molar-refractivity contribution in [3.05, 3.63) is 41.0 Å². The molecular weight excluding hydrogens is 364 g/mol. The molecule has 8 heteroatoms. The van der Waals surface area contributed by atoms with Crippen LogP contribution in [0.25, 0.3) is 0 Å². The summed E-state index contributed by atoms with van der Waals surface area (Å²) in [6, 6.07) is 5.44. The zero-order chi connectivity index (χ0) is 18.9. The van der Waals surface area contributed by atoms with Crippen molar-refractivity contribution < 1.29 is 12.9 Å². The Morgan fingerprint density at radius 2 is 1.85 bits per heavy atom. The maximum Gasteiger partial charge on any atom is 0.240 e. The van der Waals surface area contributed by atoms with Gasteiger partial charge in [0.15, 0.2) is 5.82 Å². The van der Waals surface area contributed by atoms with Crippen LogP contribution in [0.1, 0.15) is 61.4 Å². The van der Waals surface area contributed by atoms with Gasteiger partial charge in [0.2, 0.25) is 15.9 Å². The fourth-order valence-electron chi connectivity index (χ4n) is 4.04. The van der Waals surface area contributed by atoms with Gasteiger partial charge in [-0.3, -0.25) is 0 Å². The molecule has 2 aromatic rings. The lowest BCUT2D eigenvalue weighted by atomic mass is 9.92. The molecular formula is C19H26N4O3S. The number of fused-ring (bicyclic) bond motifs is 1. The summed E-state index contributed by atoms with van der Waals surface area (Å²) in [4.78, 5) is 4.70. The van der Waals surface area contributed by atoms with Crippen LogP contribution in [0, 0.1) is 0 Å². The Morgan fingerprint density at radius 1 is 1.11 bits per heavy atom. The monoisotopic (exact) mass is 390 g/mol. The van der Waals surface area contributed by atoms with E-state index in [2.05, 4.69) is 14.9 Å². The van der Waals surface area contributed by atoms with Gasteiger partial charge < -0.3 is 10.3 Å². The molecule has 1 aromatic heterocycles. The summed E-state index contributed by atoms with van der Waals surface area (Å²) in [5, 5.41) is 4.00. The first-order chi connectivity index (χ1) is 13.0. The molecule has 4 rings (SSSR count). The van der Waals surface area contributed by atoms with Gasteiger partial charge in [-0.25, -0.2) is 13.1 Å². The number of aromatic nitrogens is 2. The van der Waals surface area contributed by atoms with Crippen molar-refractivity contribution in [2.75, 3.05) is 6.54 Å². The zero-order valence-corrected chi connectivity index (χ0v) is 16.2. The number of aryl methyl sites for hydroxylation is 2. The number of rotatable bonds is 6. The third-order valence-electron chi connectivity index (χ3n) is 5.67. The lowest BCUT2D eigenvalue weighted by Crippen LogP contribution is -2.34. The van der Waals surface area contributed by atoms with Gasteiger partial charge in [0.05, 0.1) is 10.4 Å². The van der Waals surface area contributed by atoms with Crippen molar-refractivity contribution >= 4 is 10.0 Å². The highest BCUT2D eigenvalue weighted by Crippen LogP contribution is 2.34. The van der Waals surface area contributed by atoms with E-state index < -0.39 is 15.6 Å². The number of nitrogens with one attached hydrogen (secondary N) is 1. The normalized spacial score (nSPS) is 19.1. The fourth-order valence-corrected chi connectivity index (χ4v) is 5.12. The quantitative estimate of drug-likeness (QED) is 0.782. The Balaban J connectivity index is 1.38. The van der Waals surface area contributed by atoms with Crippen LogP contribution in [0.3, 0.4) is 0 Å². The highest BCUT2D eigenvalue weighted by Gasteiger charge is 2.35. The average Bonchev–Trinajstić information content (AvgIpc) is 3.31. The maximum atomic E-state index is 12.6. The number of nitrogens with two attached hydrogens (primary N) is 1. The SMILES string of the molecule is NC1(c2noc(CCNS(=O)(=O)c3ccc4c(c3)CCCC4)n2)CCCC1. The van der Waals surface area contributed by atoms with E-state index in [9.17, 15) is 8.42 Å². The number of hydrogen-bond acceptors (Lipinski definition) is 6. The Bertz CT molecular complexity index is 917. The highest BCUT2D eigenvalue weighted by molar-refractivity contribution is 7.89. The zero-order valence-electron chi connectivity index (χ0n) is 15.4. The van der Waals surface area contributed by atoms with Crippen LogP contribution in [0.15, 0.2) is 27.6 Å². The molecule has 3 N–H and O–H groups in total. The summed E-state index contributed by atoms with van der Waals surface area (Å²) in [7, 11) is -3.55. The van der Waals surface area contributed by atoms with Gasteiger partial charge in [-0.2, -0.15) is 4.98 Å². The van der Waals surface area contributed by atoms with Crippen LogP contribution in [-0.4, -0.2) is 25.1 Å². The second-order valence-corrected chi connectivity index (χ2v) is 9.43. The van der Waals surface area contributed by atoms with Gasteiger partial charge in [0, 0.05) is 13.0 Å². The van der Waals surface area contributed by atoms with Crippen LogP contribution in [0.4, 0.5) is 0 Å². The van der Waals surface area contributed by atoms with E-state index in [0.29, 0.717) is 23.0 Å². The van der Waals surface area contributed by atoms with Gasteiger partial charge in [-0.15, -0.1) is 0 Å².